The van der Waals surface area contributed by atoms with Crippen molar-refractivity contribution < 1.29 is 23.9 Å². The summed E-state index contributed by atoms with van der Waals surface area (Å²) < 4.78 is 5.30. The Morgan fingerprint density at radius 2 is 1.50 bits per heavy atom. The minimum atomic E-state index is -0.625. The zero-order chi connectivity index (χ0) is 20.5. The van der Waals surface area contributed by atoms with E-state index in [2.05, 4.69) is 5.32 Å². The van der Waals surface area contributed by atoms with Gasteiger partial charge in [-0.1, -0.05) is 20.8 Å². The van der Waals surface area contributed by atoms with Gasteiger partial charge >= 0.3 is 5.97 Å². The van der Waals surface area contributed by atoms with Gasteiger partial charge in [-0.05, 0) is 46.5 Å². The van der Waals surface area contributed by atoms with E-state index in [0.29, 0.717) is 19.3 Å². The molecule has 0 aliphatic heterocycles. The van der Waals surface area contributed by atoms with E-state index in [-0.39, 0.29) is 36.2 Å². The van der Waals surface area contributed by atoms with Gasteiger partial charge in [-0.3, -0.25) is 14.4 Å². The van der Waals surface area contributed by atoms with E-state index in [9.17, 15) is 19.2 Å². The average molecular weight is 370 g/mol. The lowest BCUT2D eigenvalue weighted by atomic mass is 9.93. The number of ketones is 2. The second-order valence-corrected chi connectivity index (χ2v) is 8.30. The molecule has 2 atom stereocenters. The number of amides is 1. The molecule has 0 fully saturated rings. The maximum atomic E-state index is 12.6. The molecule has 0 aromatic rings. The van der Waals surface area contributed by atoms with Crippen LogP contribution in [-0.4, -0.2) is 35.1 Å². The van der Waals surface area contributed by atoms with E-state index in [1.807, 2.05) is 13.8 Å². The van der Waals surface area contributed by atoms with Gasteiger partial charge in [-0.25, -0.2) is 0 Å². The first-order valence-corrected chi connectivity index (χ1v) is 9.38. The predicted molar refractivity (Wildman–Crippen MR) is 101 cm³/mol. The van der Waals surface area contributed by atoms with Crippen molar-refractivity contribution in [2.24, 2.45) is 11.8 Å². The van der Waals surface area contributed by atoms with E-state index >= 15 is 0 Å². The molecular formula is C20H35NO5. The van der Waals surface area contributed by atoms with E-state index in [4.69, 9.17) is 4.74 Å². The molecule has 26 heavy (non-hydrogen) atoms. The number of hydrogen-bond donors (Lipinski definition) is 1. The van der Waals surface area contributed by atoms with E-state index in [1.54, 1.807) is 27.7 Å². The van der Waals surface area contributed by atoms with Crippen molar-refractivity contribution in [1.29, 1.82) is 0 Å². The predicted octanol–water partition coefficient (Wildman–Crippen LogP) is 3.21. The van der Waals surface area contributed by atoms with Crippen molar-refractivity contribution in [2.45, 2.75) is 92.2 Å². The lowest BCUT2D eigenvalue weighted by Crippen LogP contribution is -2.45. The van der Waals surface area contributed by atoms with Gasteiger partial charge in [0.25, 0.3) is 0 Å². The molecule has 0 heterocycles. The van der Waals surface area contributed by atoms with Crippen LogP contribution in [0.4, 0.5) is 0 Å². The van der Waals surface area contributed by atoms with Crippen LogP contribution < -0.4 is 5.32 Å². The van der Waals surface area contributed by atoms with Gasteiger partial charge in [-0.15, -0.1) is 0 Å². The van der Waals surface area contributed by atoms with Crippen LogP contribution in [0.5, 0.6) is 0 Å². The maximum Gasteiger partial charge on any atom is 0.309 e. The number of Topliss-reactive ketones (excluding diaryl/α,β-unsaturated/α-hetero) is 2. The Balaban J connectivity index is 4.59. The lowest BCUT2D eigenvalue weighted by Gasteiger charge is -2.25. The molecule has 6 heteroatoms. The SMILES string of the molecule is CC(=O)CCCCC(=O)N[C@H](C(=O)C[C@@H](C)C(=O)OC(C)(C)C)C(C)C. The highest BCUT2D eigenvalue weighted by molar-refractivity contribution is 5.91. The number of rotatable bonds is 11. The summed E-state index contributed by atoms with van der Waals surface area (Å²) >= 11 is 0. The van der Waals surface area contributed by atoms with E-state index in [1.165, 1.54) is 6.92 Å². The maximum absolute atomic E-state index is 12.6. The fraction of sp³-hybridized carbons (Fsp3) is 0.800. The van der Waals surface area contributed by atoms with Crippen molar-refractivity contribution in [3.05, 3.63) is 0 Å². The zero-order valence-electron chi connectivity index (χ0n) is 17.3. The third-order valence-electron chi connectivity index (χ3n) is 3.83. The van der Waals surface area contributed by atoms with Gasteiger partial charge in [0.05, 0.1) is 12.0 Å². The summed E-state index contributed by atoms with van der Waals surface area (Å²) in [5.74, 6) is -1.31. The fourth-order valence-corrected chi connectivity index (χ4v) is 2.44. The molecule has 0 aromatic carbocycles. The minimum Gasteiger partial charge on any atom is -0.460 e. The van der Waals surface area contributed by atoms with E-state index < -0.39 is 23.5 Å². The van der Waals surface area contributed by atoms with Crippen molar-refractivity contribution >= 4 is 23.4 Å². The summed E-state index contributed by atoms with van der Waals surface area (Å²) in [7, 11) is 0. The first-order valence-electron chi connectivity index (χ1n) is 9.38. The molecule has 0 bridgehead atoms. The third kappa shape index (κ3) is 11.0. The summed E-state index contributed by atoms with van der Waals surface area (Å²) in [6.07, 6.45) is 2.05. The van der Waals surface area contributed by atoms with Gasteiger partial charge in [0.2, 0.25) is 5.91 Å². The molecule has 0 aromatic heterocycles. The number of carbonyl (C=O) groups excluding carboxylic acids is 4. The molecule has 0 radical (unpaired) electrons. The largest absolute Gasteiger partial charge is 0.460 e. The molecule has 0 aliphatic carbocycles. The second-order valence-electron chi connectivity index (χ2n) is 8.30. The van der Waals surface area contributed by atoms with E-state index in [0.717, 1.165) is 0 Å². The highest BCUT2D eigenvalue weighted by Crippen LogP contribution is 2.16. The number of carbonyl (C=O) groups is 4. The zero-order valence-corrected chi connectivity index (χ0v) is 17.3. The summed E-state index contributed by atoms with van der Waals surface area (Å²) in [5.41, 5.74) is -0.597. The van der Waals surface area contributed by atoms with Crippen LogP contribution in [0.15, 0.2) is 0 Å². The first-order chi connectivity index (χ1) is 11.8. The highest BCUT2D eigenvalue weighted by Gasteiger charge is 2.29. The standard InChI is InChI=1S/C20H35NO5/c1-13(2)18(21-17(24)11-9-8-10-15(4)22)16(23)12-14(3)19(25)26-20(5,6)7/h13-14,18H,8-12H2,1-7H3,(H,21,24)/t14-,18+/m1/s1. The van der Waals surface area contributed by atoms with Gasteiger partial charge in [0.1, 0.15) is 11.4 Å². The summed E-state index contributed by atoms with van der Waals surface area (Å²) in [6.45, 7) is 12.2. The van der Waals surface area contributed by atoms with Gasteiger partial charge in [-0.2, -0.15) is 0 Å². The molecule has 150 valence electrons. The first kappa shape index (κ1) is 24.3. The van der Waals surface area contributed by atoms with Crippen LogP contribution in [0.25, 0.3) is 0 Å². The number of hydrogen-bond acceptors (Lipinski definition) is 5. The average Bonchev–Trinajstić information content (AvgIpc) is 2.46. The number of nitrogens with one attached hydrogen (secondary N) is 1. The van der Waals surface area contributed by atoms with Crippen molar-refractivity contribution in [1.82, 2.24) is 5.32 Å². The molecule has 0 unspecified atom stereocenters. The third-order valence-corrected chi connectivity index (χ3v) is 3.83. The van der Waals surface area contributed by atoms with Crippen LogP contribution in [0.2, 0.25) is 0 Å². The topological polar surface area (TPSA) is 89.5 Å². The van der Waals surface area contributed by atoms with Crippen LogP contribution in [0, 0.1) is 11.8 Å². The van der Waals surface area contributed by atoms with Crippen LogP contribution in [0.3, 0.4) is 0 Å². The lowest BCUT2D eigenvalue weighted by molar-refractivity contribution is -0.160. The molecule has 0 saturated carbocycles. The summed E-state index contributed by atoms with van der Waals surface area (Å²) in [6, 6.07) is -0.625. The van der Waals surface area contributed by atoms with Crippen molar-refractivity contribution in [3.8, 4) is 0 Å². The molecule has 0 saturated heterocycles. The van der Waals surface area contributed by atoms with Crippen LogP contribution in [0.1, 0.15) is 80.6 Å². The fourth-order valence-electron chi connectivity index (χ4n) is 2.44. The molecule has 0 spiro atoms. The highest BCUT2D eigenvalue weighted by atomic mass is 16.6. The molecule has 1 amide bonds. The molecule has 1 N–H and O–H groups in total. The Hall–Kier alpha value is -1.72. The van der Waals surface area contributed by atoms with Gasteiger partial charge in [0, 0.05) is 19.3 Å². The second kappa shape index (κ2) is 11.1. The number of unbranched alkanes of at least 4 members (excludes halogenated alkanes) is 1. The minimum absolute atomic E-state index is 0.0301. The number of ether oxygens (including phenoxy) is 1. The smallest absolute Gasteiger partial charge is 0.309 e. The van der Waals surface area contributed by atoms with Gasteiger partial charge in [0.15, 0.2) is 5.78 Å². The quantitative estimate of drug-likeness (QED) is 0.446. The monoisotopic (exact) mass is 369 g/mol. The van der Waals surface area contributed by atoms with Crippen molar-refractivity contribution in [3.63, 3.8) is 0 Å². The molecule has 0 aliphatic rings. The Kier molecular flexibility index (Phi) is 10.4. The molecular weight excluding hydrogens is 334 g/mol. The summed E-state index contributed by atoms with van der Waals surface area (Å²) in [4.78, 5) is 47.6. The summed E-state index contributed by atoms with van der Waals surface area (Å²) in [5, 5.41) is 2.77. The van der Waals surface area contributed by atoms with Crippen molar-refractivity contribution in [2.75, 3.05) is 0 Å². The normalized spacial score (nSPS) is 13.8. The Morgan fingerprint density at radius 1 is 0.962 bits per heavy atom. The Labute approximate surface area is 157 Å². The van der Waals surface area contributed by atoms with Crippen LogP contribution in [-0.2, 0) is 23.9 Å². The Morgan fingerprint density at radius 3 is 1.96 bits per heavy atom. The number of esters is 1. The molecule has 6 nitrogen and oxygen atoms in total. The Bertz CT molecular complexity index is 505. The molecule has 0 rings (SSSR count). The van der Waals surface area contributed by atoms with Gasteiger partial charge < -0.3 is 14.8 Å². The van der Waals surface area contributed by atoms with Crippen LogP contribution >= 0.6 is 0 Å².